The van der Waals surface area contributed by atoms with Crippen LogP contribution < -0.4 is 0 Å². The van der Waals surface area contributed by atoms with Crippen LogP contribution in [0, 0.1) is 0 Å². The molecule has 6 heteroatoms. The summed E-state index contributed by atoms with van der Waals surface area (Å²) in [5, 5.41) is 0. The molecule has 0 unspecified atom stereocenters. The summed E-state index contributed by atoms with van der Waals surface area (Å²) in [6.45, 7) is 0. The zero-order chi connectivity index (χ0) is 4.50. The van der Waals surface area contributed by atoms with Gasteiger partial charge in [0.2, 0.25) is 0 Å². The summed E-state index contributed by atoms with van der Waals surface area (Å²) in [6.07, 6.45) is 0. The monoisotopic (exact) mass is 172 g/mol. The van der Waals surface area contributed by atoms with Crippen LogP contribution in [0.25, 0.3) is 0 Å². The average Bonchev–Trinajstić information content (AvgIpc) is 0.722. The minimum Gasteiger partial charge on any atom is -1.00 e. The van der Waals surface area contributed by atoms with E-state index in [1.165, 1.54) is 0 Å². The molecule has 0 heterocycles. The number of hydrogen-bond donors (Lipinski definition) is 3. The van der Waals surface area contributed by atoms with Crippen LogP contribution in [0.1, 0.15) is 17.7 Å². The zero-order valence-electron chi connectivity index (χ0n) is 4.90. The first-order valence-electron chi connectivity index (χ1n) is 0.783. The van der Waals surface area contributed by atoms with E-state index in [-0.39, 0.29) is 55.4 Å². The third kappa shape index (κ3) is 159. The fraction of sp³-hybridized carbons (Fsp3) is 1.00. The minimum atomic E-state index is -4.64. The van der Waals surface area contributed by atoms with Crippen molar-refractivity contribution in [2.45, 2.75) is 14.9 Å². The third-order valence-electron chi connectivity index (χ3n) is 0. The fourth-order valence-electron chi connectivity index (χ4n) is 0. The Morgan fingerprint density at radius 1 is 1.12 bits per heavy atom. The van der Waals surface area contributed by atoms with Crippen molar-refractivity contribution in [3.05, 3.63) is 0 Å². The van der Waals surface area contributed by atoms with Crippen molar-refractivity contribution in [3.8, 4) is 0 Å². The summed E-state index contributed by atoms with van der Waals surface area (Å²) in [5.74, 6) is 0. The molecule has 8 heavy (non-hydrogen) atoms. The van der Waals surface area contributed by atoms with Gasteiger partial charge < -0.3 is 17.5 Å². The average molecular weight is 172 g/mol. The Morgan fingerprint density at radius 3 is 1.12 bits per heavy atom. The largest absolute Gasteiger partial charge is 2.00 e. The van der Waals surface area contributed by atoms with Crippen LogP contribution >= 0.6 is 7.82 Å². The van der Waals surface area contributed by atoms with E-state index in [1.807, 2.05) is 0 Å². The van der Waals surface area contributed by atoms with Crippen LogP contribution in [0.15, 0.2) is 0 Å². The molecule has 3 N–H and O–H groups in total. The predicted octanol–water partition coefficient (Wildman–Crippen LogP) is 0.188. The van der Waals surface area contributed by atoms with Crippen molar-refractivity contribution in [2.75, 3.05) is 0 Å². The van der Waals surface area contributed by atoms with Gasteiger partial charge in [0.25, 0.3) is 0 Å². The molecule has 0 fully saturated rings. The molecule has 0 atom stereocenters. The molecule has 4 nitrogen and oxygen atoms in total. The predicted molar refractivity (Wildman–Crippen MR) is 35.7 cm³/mol. The zero-order valence-corrected chi connectivity index (χ0v) is 6.01. The van der Waals surface area contributed by atoms with E-state index in [1.54, 1.807) is 0 Å². The van der Waals surface area contributed by atoms with Crippen molar-refractivity contribution in [1.29, 1.82) is 0 Å². The normalized spacial score (nSPS) is 7.38. The van der Waals surface area contributed by atoms with Gasteiger partial charge in [-0.05, 0) is 0 Å². The maximum Gasteiger partial charge on any atom is 2.00 e. The first kappa shape index (κ1) is 22.8. The summed E-state index contributed by atoms with van der Waals surface area (Å²) in [7, 11) is -4.64. The number of hydrogen-bond acceptors (Lipinski definition) is 1. The molecule has 0 aromatic carbocycles. The third-order valence-corrected chi connectivity index (χ3v) is 0. The van der Waals surface area contributed by atoms with Gasteiger partial charge in [-0.25, -0.2) is 4.57 Å². The Hall–Kier alpha value is 1.37. The molecule has 0 aromatic rings. The molecule has 52 valence electrons. The maximum atomic E-state index is 8.88. The SMILES string of the molecule is C.C.O=P(O)(O)O.[Ca+2].[H-].[H-]. The second kappa shape index (κ2) is 8.37. The van der Waals surface area contributed by atoms with Gasteiger partial charge >= 0.3 is 45.6 Å². The van der Waals surface area contributed by atoms with Crippen molar-refractivity contribution < 1.29 is 22.1 Å². The first-order chi connectivity index (χ1) is 2.00. The second-order valence-electron chi connectivity index (χ2n) is 0.513. The topological polar surface area (TPSA) is 77.8 Å². The number of rotatable bonds is 0. The Bertz CT molecular complexity index is 67.4. The van der Waals surface area contributed by atoms with Crippen LogP contribution in [-0.4, -0.2) is 52.4 Å². The van der Waals surface area contributed by atoms with E-state index < -0.39 is 7.82 Å². The van der Waals surface area contributed by atoms with Crippen LogP contribution in [0.3, 0.4) is 0 Å². The Labute approximate surface area is 82.1 Å². The molecule has 0 aromatic heterocycles. The van der Waals surface area contributed by atoms with Crippen LogP contribution in [0.4, 0.5) is 0 Å². The molecule has 0 spiro atoms. The molecule has 0 saturated carbocycles. The number of phosphoric acid groups is 1. The molecule has 0 radical (unpaired) electrons. The molecule has 0 aliphatic heterocycles. The molecule has 0 saturated heterocycles. The molecular formula is C2H13CaO4P. The van der Waals surface area contributed by atoms with Crippen molar-refractivity contribution in [3.63, 3.8) is 0 Å². The molecular weight excluding hydrogens is 159 g/mol. The molecule has 0 bridgehead atoms. The minimum absolute atomic E-state index is 0. The van der Waals surface area contributed by atoms with Gasteiger partial charge in [-0.1, -0.05) is 14.9 Å². The van der Waals surface area contributed by atoms with Gasteiger partial charge in [0.1, 0.15) is 0 Å². The second-order valence-corrected chi connectivity index (χ2v) is 1.54. The Morgan fingerprint density at radius 2 is 1.12 bits per heavy atom. The van der Waals surface area contributed by atoms with Crippen LogP contribution in [0.5, 0.6) is 0 Å². The van der Waals surface area contributed by atoms with E-state index in [9.17, 15) is 0 Å². The molecule has 0 aliphatic rings. The Balaban J connectivity index is -0.00000000800. The van der Waals surface area contributed by atoms with Crippen molar-refractivity contribution >= 4 is 45.6 Å². The van der Waals surface area contributed by atoms with Gasteiger partial charge in [0, 0.05) is 0 Å². The molecule has 0 aliphatic carbocycles. The smallest absolute Gasteiger partial charge is 1.00 e. The Kier molecular flexibility index (Phi) is 23.8. The van der Waals surface area contributed by atoms with Gasteiger partial charge in [-0.15, -0.1) is 0 Å². The summed E-state index contributed by atoms with van der Waals surface area (Å²) >= 11 is 0. The van der Waals surface area contributed by atoms with E-state index in [2.05, 4.69) is 0 Å². The standard InChI is InChI=1S/2CH4.Ca.H3O4P.2H/c;;;1-5(2,3)4;;/h2*1H4;;(H3,1,2,3,4);;/q;;+2;;2*-1. The van der Waals surface area contributed by atoms with E-state index >= 15 is 0 Å². The van der Waals surface area contributed by atoms with E-state index in [4.69, 9.17) is 19.2 Å². The summed E-state index contributed by atoms with van der Waals surface area (Å²) in [6, 6.07) is 0. The van der Waals surface area contributed by atoms with Gasteiger partial charge in [-0.2, -0.15) is 0 Å². The fourth-order valence-corrected chi connectivity index (χ4v) is 0. The first-order valence-corrected chi connectivity index (χ1v) is 2.35. The van der Waals surface area contributed by atoms with Crippen molar-refractivity contribution in [2.24, 2.45) is 0 Å². The quantitative estimate of drug-likeness (QED) is 0.360. The van der Waals surface area contributed by atoms with Gasteiger partial charge in [0.05, 0.1) is 0 Å². The van der Waals surface area contributed by atoms with Gasteiger partial charge in [0.15, 0.2) is 0 Å². The summed E-state index contributed by atoms with van der Waals surface area (Å²) in [5.41, 5.74) is 0. The van der Waals surface area contributed by atoms with E-state index in [0.717, 1.165) is 0 Å². The van der Waals surface area contributed by atoms with Crippen LogP contribution in [-0.2, 0) is 4.57 Å². The van der Waals surface area contributed by atoms with Crippen LogP contribution in [0.2, 0.25) is 0 Å². The molecule has 0 amide bonds. The van der Waals surface area contributed by atoms with E-state index in [0.29, 0.717) is 0 Å². The van der Waals surface area contributed by atoms with Gasteiger partial charge in [-0.3, -0.25) is 0 Å². The summed E-state index contributed by atoms with van der Waals surface area (Å²) < 4.78 is 8.88. The molecule has 0 rings (SSSR count). The summed E-state index contributed by atoms with van der Waals surface area (Å²) in [4.78, 5) is 21.6. The maximum absolute atomic E-state index is 8.88. The van der Waals surface area contributed by atoms with Crippen molar-refractivity contribution in [1.82, 2.24) is 0 Å².